The van der Waals surface area contributed by atoms with E-state index in [-0.39, 0.29) is 29.9 Å². The van der Waals surface area contributed by atoms with Gasteiger partial charge >= 0.3 is 0 Å². The Balaban J connectivity index is 1.37. The molecule has 2 saturated heterocycles. The quantitative estimate of drug-likeness (QED) is 0.833. The molecule has 3 aliphatic rings. The van der Waals surface area contributed by atoms with Crippen LogP contribution in [-0.4, -0.2) is 78.8 Å². The zero-order chi connectivity index (χ0) is 19.9. The molecule has 3 fully saturated rings. The molecule has 0 radical (unpaired) electrons. The van der Waals surface area contributed by atoms with E-state index < -0.39 is 5.60 Å². The highest BCUT2D eigenvalue weighted by atomic mass is 16.5. The maximum Gasteiger partial charge on any atom is 0.253 e. The van der Waals surface area contributed by atoms with Crippen LogP contribution in [0.3, 0.4) is 0 Å². The highest BCUT2D eigenvalue weighted by Gasteiger charge is 2.42. The van der Waals surface area contributed by atoms with Crippen LogP contribution in [0.5, 0.6) is 0 Å². The van der Waals surface area contributed by atoms with Gasteiger partial charge in [-0.15, -0.1) is 0 Å². The van der Waals surface area contributed by atoms with Crippen LogP contribution in [-0.2, 0) is 19.9 Å². The Morgan fingerprint density at radius 3 is 2.39 bits per heavy atom. The van der Waals surface area contributed by atoms with Gasteiger partial charge in [-0.25, -0.2) is 0 Å². The van der Waals surface area contributed by atoms with E-state index in [1.807, 2.05) is 11.8 Å². The number of hydrogen-bond acceptors (Lipinski definition) is 5. The third kappa shape index (κ3) is 3.32. The van der Waals surface area contributed by atoms with E-state index in [1.165, 1.54) is 0 Å². The number of aliphatic hydroxyl groups is 1. The second kappa shape index (κ2) is 7.46. The summed E-state index contributed by atoms with van der Waals surface area (Å²) in [7, 11) is 1.66. The van der Waals surface area contributed by atoms with Crippen molar-refractivity contribution in [1.29, 1.82) is 0 Å². The van der Waals surface area contributed by atoms with Crippen LogP contribution >= 0.6 is 0 Å². The minimum atomic E-state index is -0.927. The fourth-order valence-electron chi connectivity index (χ4n) is 4.28. The first kappa shape index (κ1) is 19.4. The molecule has 0 aromatic heterocycles. The molecule has 1 N–H and O–H groups in total. The lowest BCUT2D eigenvalue weighted by Gasteiger charge is -2.44. The largest absolute Gasteiger partial charge is 0.381 e. The highest BCUT2D eigenvalue weighted by Crippen LogP contribution is 2.33. The van der Waals surface area contributed by atoms with Crippen LogP contribution in [0.2, 0.25) is 0 Å². The molecule has 3 atom stereocenters. The maximum atomic E-state index is 12.9. The molecule has 1 aromatic rings. The Kier molecular flexibility index (Phi) is 5.16. The van der Waals surface area contributed by atoms with E-state index in [4.69, 9.17) is 9.47 Å². The Hall–Kier alpha value is -1.96. The first-order chi connectivity index (χ1) is 13.4. The van der Waals surface area contributed by atoms with Crippen molar-refractivity contribution in [2.24, 2.45) is 5.92 Å². The molecule has 1 aromatic carbocycles. The van der Waals surface area contributed by atoms with E-state index in [0.717, 1.165) is 18.4 Å². The van der Waals surface area contributed by atoms with Crippen molar-refractivity contribution in [2.75, 3.05) is 40.0 Å². The number of nitrogens with zero attached hydrogens (tertiary/aromatic N) is 2. The van der Waals surface area contributed by atoms with E-state index in [9.17, 15) is 14.7 Å². The third-order valence-corrected chi connectivity index (χ3v) is 6.38. The van der Waals surface area contributed by atoms with Crippen molar-refractivity contribution in [3.05, 3.63) is 35.4 Å². The molecule has 0 bridgehead atoms. The second-order valence-corrected chi connectivity index (χ2v) is 8.19. The molecule has 4 rings (SSSR count). The predicted octanol–water partition coefficient (Wildman–Crippen LogP) is 1.00. The number of carbonyl (C=O) groups is 2. The van der Waals surface area contributed by atoms with E-state index >= 15 is 0 Å². The van der Waals surface area contributed by atoms with Crippen LogP contribution in [0, 0.1) is 5.92 Å². The summed E-state index contributed by atoms with van der Waals surface area (Å²) < 4.78 is 10.5. The second-order valence-electron chi connectivity index (χ2n) is 8.19. The molecular weight excluding hydrogens is 360 g/mol. The van der Waals surface area contributed by atoms with E-state index in [1.54, 1.807) is 36.3 Å². The van der Waals surface area contributed by atoms with Crippen molar-refractivity contribution >= 4 is 11.8 Å². The van der Waals surface area contributed by atoms with Crippen LogP contribution in [0.15, 0.2) is 24.3 Å². The zero-order valence-electron chi connectivity index (χ0n) is 16.5. The normalized spacial score (nSPS) is 29.0. The van der Waals surface area contributed by atoms with Gasteiger partial charge in [0.2, 0.25) is 5.91 Å². The first-order valence-corrected chi connectivity index (χ1v) is 9.96. The lowest BCUT2D eigenvalue weighted by molar-refractivity contribution is -0.184. The van der Waals surface area contributed by atoms with Crippen molar-refractivity contribution < 1.29 is 24.2 Å². The van der Waals surface area contributed by atoms with Gasteiger partial charge in [0.1, 0.15) is 5.60 Å². The molecule has 152 valence electrons. The summed E-state index contributed by atoms with van der Waals surface area (Å²) in [5.41, 5.74) is 0.439. The molecule has 1 saturated carbocycles. The molecule has 7 heteroatoms. The number of methoxy groups -OCH3 is 1. The summed E-state index contributed by atoms with van der Waals surface area (Å²) in [5.74, 6) is 0.0716. The van der Waals surface area contributed by atoms with Gasteiger partial charge in [-0.3, -0.25) is 9.59 Å². The van der Waals surface area contributed by atoms with Crippen molar-refractivity contribution in [1.82, 2.24) is 9.80 Å². The summed E-state index contributed by atoms with van der Waals surface area (Å²) in [6, 6.07) is 7.08. The molecular formula is C21H28N2O5. The fraction of sp³-hybridized carbons (Fsp3) is 0.619. The molecule has 0 unspecified atom stereocenters. The lowest BCUT2D eigenvalue weighted by atomic mass is 9.80. The van der Waals surface area contributed by atoms with Gasteiger partial charge in [0.05, 0.1) is 25.2 Å². The summed E-state index contributed by atoms with van der Waals surface area (Å²) in [6.07, 6.45) is 1.86. The van der Waals surface area contributed by atoms with Gasteiger partial charge in [-0.1, -0.05) is 12.1 Å². The van der Waals surface area contributed by atoms with Gasteiger partial charge in [0, 0.05) is 38.3 Å². The van der Waals surface area contributed by atoms with Crippen LogP contribution in [0.25, 0.3) is 0 Å². The van der Waals surface area contributed by atoms with Crippen molar-refractivity contribution in [3.63, 3.8) is 0 Å². The number of amides is 2. The van der Waals surface area contributed by atoms with Crippen LogP contribution < -0.4 is 0 Å². The Morgan fingerprint density at radius 1 is 1.18 bits per heavy atom. The summed E-state index contributed by atoms with van der Waals surface area (Å²) in [5, 5.41) is 10.3. The van der Waals surface area contributed by atoms with Crippen LogP contribution in [0.1, 0.15) is 35.7 Å². The number of ether oxygens (including phenoxy) is 2. The smallest absolute Gasteiger partial charge is 0.253 e. The molecule has 2 aliphatic heterocycles. The van der Waals surface area contributed by atoms with Gasteiger partial charge < -0.3 is 24.4 Å². The van der Waals surface area contributed by atoms with Gasteiger partial charge in [0.25, 0.3) is 5.91 Å². The Morgan fingerprint density at radius 2 is 1.89 bits per heavy atom. The molecule has 7 nitrogen and oxygen atoms in total. The molecule has 28 heavy (non-hydrogen) atoms. The number of benzene rings is 1. The fourth-order valence-corrected chi connectivity index (χ4v) is 4.28. The van der Waals surface area contributed by atoms with E-state index in [0.29, 0.717) is 38.4 Å². The third-order valence-electron chi connectivity index (χ3n) is 6.38. The number of piperazine rings is 1. The van der Waals surface area contributed by atoms with Gasteiger partial charge in [0.15, 0.2) is 0 Å². The monoisotopic (exact) mass is 388 g/mol. The maximum absolute atomic E-state index is 12.9. The minimum Gasteiger partial charge on any atom is -0.381 e. The molecule has 0 spiro atoms. The zero-order valence-corrected chi connectivity index (χ0v) is 16.5. The standard InChI is InChI=1S/C21H28N2O5/c1-14-11-22(9-10-23(14)20(25)17-7-8-18(17)27-2)19(24)15-3-5-16(6-4-15)21(26)12-28-13-21/h3-6,14,17-18,26H,7-13H2,1-2H3/t14-,17-,18-/m1/s1. The summed E-state index contributed by atoms with van der Waals surface area (Å²) >= 11 is 0. The molecule has 2 heterocycles. The average molecular weight is 388 g/mol. The Bertz CT molecular complexity index is 744. The number of carbonyl (C=O) groups excluding carboxylic acids is 2. The first-order valence-electron chi connectivity index (χ1n) is 9.96. The predicted molar refractivity (Wildman–Crippen MR) is 102 cm³/mol. The minimum absolute atomic E-state index is 0.0181. The lowest BCUT2D eigenvalue weighted by Crippen LogP contribution is -2.58. The number of rotatable bonds is 4. The average Bonchev–Trinajstić information content (AvgIpc) is 2.65. The topological polar surface area (TPSA) is 79.3 Å². The SMILES string of the molecule is CO[C@@H]1CC[C@H]1C(=O)N1CCN(C(=O)c2ccc(C3(O)COC3)cc2)C[C@H]1C. The molecule has 1 aliphatic carbocycles. The summed E-state index contributed by atoms with van der Waals surface area (Å²) in [6.45, 7) is 4.17. The van der Waals surface area contributed by atoms with Crippen molar-refractivity contribution in [3.8, 4) is 0 Å². The van der Waals surface area contributed by atoms with Gasteiger partial charge in [-0.05, 0) is 37.5 Å². The Labute approximate surface area is 165 Å². The van der Waals surface area contributed by atoms with Crippen LogP contribution in [0.4, 0.5) is 0 Å². The highest BCUT2D eigenvalue weighted by molar-refractivity contribution is 5.94. The van der Waals surface area contributed by atoms with Crippen molar-refractivity contribution in [2.45, 2.75) is 37.5 Å². The number of hydrogen-bond donors (Lipinski definition) is 1. The summed E-state index contributed by atoms with van der Waals surface area (Å²) in [4.78, 5) is 29.4. The van der Waals surface area contributed by atoms with E-state index in [2.05, 4.69) is 0 Å². The van der Waals surface area contributed by atoms with Gasteiger partial charge in [-0.2, -0.15) is 0 Å². The molecule has 2 amide bonds.